The second-order valence-electron chi connectivity index (χ2n) is 4.85. The molecule has 0 atom stereocenters. The standard InChI is InChI=1S/C16H16BrNO6S/c1-22-15-6-5-13(25(18,20)21)10-14(15)16(19)24-8-7-23-12-4-2-3-11(17)9-12/h2-6,9-10H,7-8H2,1H3,(H2,18,20,21). The molecule has 0 aliphatic heterocycles. The van der Waals surface area contributed by atoms with Crippen LogP contribution in [0.2, 0.25) is 0 Å². The number of carbonyl (C=O) groups excluding carboxylic acids is 1. The lowest BCUT2D eigenvalue weighted by molar-refractivity contribution is 0.0446. The van der Waals surface area contributed by atoms with Crippen LogP contribution >= 0.6 is 15.9 Å². The third-order valence-corrected chi connectivity index (χ3v) is 4.50. The van der Waals surface area contributed by atoms with Gasteiger partial charge in [0.05, 0.1) is 12.0 Å². The summed E-state index contributed by atoms with van der Waals surface area (Å²) >= 11 is 3.32. The Balaban J connectivity index is 2.00. The Labute approximate surface area is 153 Å². The lowest BCUT2D eigenvalue weighted by atomic mass is 10.2. The first-order valence-electron chi connectivity index (χ1n) is 7.07. The maximum Gasteiger partial charge on any atom is 0.342 e. The molecule has 2 N–H and O–H groups in total. The van der Waals surface area contributed by atoms with Crippen molar-refractivity contribution in [1.29, 1.82) is 0 Å². The van der Waals surface area contributed by atoms with Crippen molar-refractivity contribution in [3.05, 3.63) is 52.5 Å². The van der Waals surface area contributed by atoms with Crippen LogP contribution in [0.3, 0.4) is 0 Å². The van der Waals surface area contributed by atoms with E-state index < -0.39 is 16.0 Å². The number of halogens is 1. The van der Waals surface area contributed by atoms with Gasteiger partial charge in [-0.15, -0.1) is 0 Å². The van der Waals surface area contributed by atoms with Crippen molar-refractivity contribution < 1.29 is 27.4 Å². The van der Waals surface area contributed by atoms with Crippen molar-refractivity contribution in [2.24, 2.45) is 5.14 Å². The fourth-order valence-corrected chi connectivity index (χ4v) is 2.87. The molecule has 2 rings (SSSR count). The van der Waals surface area contributed by atoms with Gasteiger partial charge in [0.1, 0.15) is 30.3 Å². The number of methoxy groups -OCH3 is 1. The molecule has 0 saturated heterocycles. The van der Waals surface area contributed by atoms with E-state index in [-0.39, 0.29) is 29.4 Å². The summed E-state index contributed by atoms with van der Waals surface area (Å²) in [5, 5.41) is 5.07. The molecule has 0 radical (unpaired) electrons. The minimum Gasteiger partial charge on any atom is -0.496 e. The third kappa shape index (κ3) is 5.45. The molecular weight excluding hydrogens is 414 g/mol. The number of sulfonamides is 1. The van der Waals surface area contributed by atoms with Crippen molar-refractivity contribution in [2.45, 2.75) is 4.90 Å². The van der Waals surface area contributed by atoms with Crippen LogP contribution < -0.4 is 14.6 Å². The highest BCUT2D eigenvalue weighted by Crippen LogP contribution is 2.23. The van der Waals surface area contributed by atoms with Crippen LogP contribution in [-0.4, -0.2) is 34.7 Å². The lowest BCUT2D eigenvalue weighted by Gasteiger charge is -2.11. The predicted molar refractivity (Wildman–Crippen MR) is 94.3 cm³/mol. The van der Waals surface area contributed by atoms with E-state index in [2.05, 4.69) is 15.9 Å². The summed E-state index contributed by atoms with van der Waals surface area (Å²) in [5.41, 5.74) is -0.0310. The quantitative estimate of drug-likeness (QED) is 0.534. The number of hydrogen-bond donors (Lipinski definition) is 1. The van der Waals surface area contributed by atoms with Gasteiger partial charge < -0.3 is 14.2 Å². The Kier molecular flexibility index (Phi) is 6.40. The summed E-state index contributed by atoms with van der Waals surface area (Å²) in [6, 6.07) is 10.9. The monoisotopic (exact) mass is 429 g/mol. The zero-order valence-electron chi connectivity index (χ0n) is 13.3. The van der Waals surface area contributed by atoms with Crippen molar-refractivity contribution in [3.8, 4) is 11.5 Å². The fraction of sp³-hybridized carbons (Fsp3) is 0.188. The zero-order chi connectivity index (χ0) is 18.4. The number of primary sulfonamides is 1. The van der Waals surface area contributed by atoms with E-state index in [0.717, 1.165) is 10.5 Å². The highest BCUT2D eigenvalue weighted by Gasteiger charge is 2.18. The smallest absolute Gasteiger partial charge is 0.342 e. The van der Waals surface area contributed by atoms with Crippen LogP contribution in [0.5, 0.6) is 11.5 Å². The Bertz CT molecular complexity index is 869. The molecule has 134 valence electrons. The summed E-state index contributed by atoms with van der Waals surface area (Å²) in [4.78, 5) is 12.0. The van der Waals surface area contributed by atoms with Gasteiger partial charge in [0.25, 0.3) is 0 Å². The first kappa shape index (κ1) is 19.2. The molecule has 7 nitrogen and oxygen atoms in total. The first-order chi connectivity index (χ1) is 11.8. The van der Waals surface area contributed by atoms with E-state index in [0.29, 0.717) is 5.75 Å². The highest BCUT2D eigenvalue weighted by molar-refractivity contribution is 9.10. The summed E-state index contributed by atoms with van der Waals surface area (Å²) in [5.74, 6) is 0.0738. The van der Waals surface area contributed by atoms with Crippen LogP contribution in [0.15, 0.2) is 51.8 Å². The molecule has 0 spiro atoms. The van der Waals surface area contributed by atoms with Crippen molar-refractivity contribution in [3.63, 3.8) is 0 Å². The summed E-state index contributed by atoms with van der Waals surface area (Å²) < 4.78 is 39.3. The van der Waals surface area contributed by atoms with E-state index in [1.54, 1.807) is 12.1 Å². The van der Waals surface area contributed by atoms with Gasteiger partial charge in [-0.3, -0.25) is 0 Å². The van der Waals surface area contributed by atoms with Gasteiger partial charge in [0.2, 0.25) is 10.0 Å². The first-order valence-corrected chi connectivity index (χ1v) is 9.41. The van der Waals surface area contributed by atoms with Crippen molar-refractivity contribution in [1.82, 2.24) is 0 Å². The molecule has 0 unspecified atom stereocenters. The van der Waals surface area contributed by atoms with E-state index >= 15 is 0 Å². The molecule has 0 amide bonds. The maximum atomic E-state index is 12.2. The Morgan fingerprint density at radius 2 is 1.92 bits per heavy atom. The minimum absolute atomic E-state index is 0.0197. The van der Waals surface area contributed by atoms with Crippen LogP contribution in [0.25, 0.3) is 0 Å². The van der Waals surface area contributed by atoms with Crippen LogP contribution in [0.1, 0.15) is 10.4 Å². The van der Waals surface area contributed by atoms with Crippen molar-refractivity contribution in [2.75, 3.05) is 20.3 Å². The van der Waals surface area contributed by atoms with Gasteiger partial charge in [-0.05, 0) is 36.4 Å². The number of rotatable bonds is 7. The number of nitrogens with two attached hydrogens (primary N) is 1. The molecule has 0 aliphatic rings. The second kappa shape index (κ2) is 8.32. The fourth-order valence-electron chi connectivity index (χ4n) is 1.95. The van der Waals surface area contributed by atoms with Gasteiger partial charge in [-0.1, -0.05) is 22.0 Å². The topological polar surface area (TPSA) is 105 Å². The number of carbonyl (C=O) groups is 1. The summed E-state index contributed by atoms with van der Waals surface area (Å²) in [6.45, 7) is 0.119. The largest absolute Gasteiger partial charge is 0.496 e. The molecule has 2 aromatic carbocycles. The molecule has 0 fully saturated rings. The number of hydrogen-bond acceptors (Lipinski definition) is 6. The average molecular weight is 430 g/mol. The van der Waals surface area contributed by atoms with E-state index in [1.165, 1.54) is 19.2 Å². The molecule has 2 aromatic rings. The number of benzene rings is 2. The van der Waals surface area contributed by atoms with E-state index in [9.17, 15) is 13.2 Å². The Morgan fingerprint density at radius 1 is 1.16 bits per heavy atom. The molecule has 0 bridgehead atoms. The Hall–Kier alpha value is -2.10. The molecule has 0 aliphatic carbocycles. The maximum absolute atomic E-state index is 12.2. The second-order valence-corrected chi connectivity index (χ2v) is 7.33. The Morgan fingerprint density at radius 3 is 2.56 bits per heavy atom. The molecular formula is C16H16BrNO6S. The number of ether oxygens (including phenoxy) is 3. The van der Waals surface area contributed by atoms with Crippen LogP contribution in [0, 0.1) is 0 Å². The van der Waals surface area contributed by atoms with Gasteiger partial charge in [0.15, 0.2) is 0 Å². The summed E-state index contributed by atoms with van der Waals surface area (Å²) in [7, 11) is -2.58. The van der Waals surface area contributed by atoms with E-state index in [4.69, 9.17) is 19.3 Å². The molecule has 0 saturated carbocycles. The van der Waals surface area contributed by atoms with E-state index in [1.807, 2.05) is 12.1 Å². The van der Waals surface area contributed by atoms with Gasteiger partial charge in [-0.25, -0.2) is 18.4 Å². The van der Waals surface area contributed by atoms with Gasteiger partial charge >= 0.3 is 5.97 Å². The SMILES string of the molecule is COc1ccc(S(N)(=O)=O)cc1C(=O)OCCOc1cccc(Br)c1. The average Bonchev–Trinajstić information content (AvgIpc) is 2.57. The molecule has 0 heterocycles. The highest BCUT2D eigenvalue weighted by atomic mass is 79.9. The number of esters is 1. The predicted octanol–water partition coefficient (Wildman–Crippen LogP) is 2.34. The molecule has 25 heavy (non-hydrogen) atoms. The minimum atomic E-state index is -3.94. The molecule has 9 heteroatoms. The third-order valence-electron chi connectivity index (χ3n) is 3.10. The lowest BCUT2D eigenvalue weighted by Crippen LogP contribution is -2.16. The normalized spacial score (nSPS) is 11.0. The van der Waals surface area contributed by atoms with Crippen LogP contribution in [0.4, 0.5) is 0 Å². The summed E-state index contributed by atoms with van der Waals surface area (Å²) in [6.07, 6.45) is 0. The van der Waals surface area contributed by atoms with Crippen molar-refractivity contribution >= 4 is 31.9 Å². The zero-order valence-corrected chi connectivity index (χ0v) is 15.7. The van der Waals surface area contributed by atoms with Gasteiger partial charge in [0, 0.05) is 4.47 Å². The van der Waals surface area contributed by atoms with Gasteiger partial charge in [-0.2, -0.15) is 0 Å². The molecule has 0 aromatic heterocycles. The van der Waals surface area contributed by atoms with Crippen LogP contribution in [-0.2, 0) is 14.8 Å².